The van der Waals surface area contributed by atoms with Gasteiger partial charge in [-0.2, -0.15) is 23.6 Å². The molecular formula is C25H35F3N4O3. The predicted molar refractivity (Wildman–Crippen MR) is 126 cm³/mol. The molecule has 10 heteroatoms. The lowest BCUT2D eigenvalue weighted by Gasteiger charge is -2.22. The van der Waals surface area contributed by atoms with Crippen molar-refractivity contribution in [2.45, 2.75) is 84.2 Å². The summed E-state index contributed by atoms with van der Waals surface area (Å²) in [4.78, 5) is 23.1. The maximum absolute atomic E-state index is 13.4. The van der Waals surface area contributed by atoms with Gasteiger partial charge < -0.3 is 9.57 Å². The van der Waals surface area contributed by atoms with E-state index in [1.807, 2.05) is 58.0 Å². The van der Waals surface area contributed by atoms with Crippen molar-refractivity contribution in [3.63, 3.8) is 0 Å². The Morgan fingerprint density at radius 1 is 1.17 bits per heavy atom. The van der Waals surface area contributed by atoms with Gasteiger partial charge in [-0.25, -0.2) is 0 Å². The van der Waals surface area contributed by atoms with Crippen molar-refractivity contribution in [1.29, 1.82) is 0 Å². The minimum Gasteiger partial charge on any atom is -0.407 e. The van der Waals surface area contributed by atoms with Gasteiger partial charge >= 0.3 is 6.18 Å². The number of benzene rings is 1. The van der Waals surface area contributed by atoms with Crippen LogP contribution in [0.2, 0.25) is 0 Å². The largest absolute Gasteiger partial charge is 0.416 e. The van der Waals surface area contributed by atoms with E-state index in [4.69, 9.17) is 9.57 Å². The van der Waals surface area contributed by atoms with Crippen LogP contribution in [-0.4, -0.2) is 33.5 Å². The van der Waals surface area contributed by atoms with Crippen LogP contribution in [0.4, 0.5) is 13.2 Å². The molecule has 1 aromatic heterocycles. The zero-order valence-corrected chi connectivity index (χ0v) is 21.4. The lowest BCUT2D eigenvalue weighted by atomic mass is 9.92. The highest BCUT2D eigenvalue weighted by atomic mass is 19.4. The summed E-state index contributed by atoms with van der Waals surface area (Å²) in [6.45, 7) is 12.8. The van der Waals surface area contributed by atoms with Crippen LogP contribution in [0.15, 0.2) is 29.3 Å². The smallest absolute Gasteiger partial charge is 0.407 e. The molecule has 0 aliphatic carbocycles. The normalized spacial score (nSPS) is 17.8. The number of amides is 1. The summed E-state index contributed by atoms with van der Waals surface area (Å²) in [5.41, 5.74) is 2.06. The van der Waals surface area contributed by atoms with Gasteiger partial charge in [0.2, 0.25) is 0 Å². The summed E-state index contributed by atoms with van der Waals surface area (Å²) in [6, 6.07) is 4.60. The predicted octanol–water partition coefficient (Wildman–Crippen LogP) is 4.74. The molecular weight excluding hydrogens is 461 g/mol. The SMILES string of the molecule is Cn1c(C(C)(C)C)c/c(=N\C(=O)c2cc(C(F)(F)F)ccc2ONC(C)(C)C)n1C[C@H]1CCCO1. The highest BCUT2D eigenvalue weighted by Gasteiger charge is 2.32. The summed E-state index contributed by atoms with van der Waals surface area (Å²) in [5, 5.41) is 0. The van der Waals surface area contributed by atoms with Crippen LogP contribution < -0.4 is 15.8 Å². The molecule has 1 atom stereocenters. The maximum Gasteiger partial charge on any atom is 0.416 e. The van der Waals surface area contributed by atoms with Crippen molar-refractivity contribution >= 4 is 5.91 Å². The Morgan fingerprint density at radius 2 is 1.86 bits per heavy atom. The molecule has 0 saturated carbocycles. The monoisotopic (exact) mass is 496 g/mol. The van der Waals surface area contributed by atoms with Gasteiger partial charge in [0.1, 0.15) is 0 Å². The molecule has 2 heterocycles. The van der Waals surface area contributed by atoms with Crippen LogP contribution in [0.25, 0.3) is 0 Å². The van der Waals surface area contributed by atoms with Gasteiger partial charge in [0, 0.05) is 36.4 Å². The molecule has 3 rings (SSSR count). The molecule has 2 aromatic rings. The first-order valence-electron chi connectivity index (χ1n) is 11.7. The van der Waals surface area contributed by atoms with Gasteiger partial charge in [-0.3, -0.25) is 14.2 Å². The number of aromatic nitrogens is 2. The van der Waals surface area contributed by atoms with Crippen LogP contribution in [0.5, 0.6) is 5.75 Å². The Kier molecular flexibility index (Phi) is 7.57. The van der Waals surface area contributed by atoms with E-state index in [1.54, 1.807) is 6.07 Å². The molecule has 194 valence electrons. The first-order valence-corrected chi connectivity index (χ1v) is 11.7. The summed E-state index contributed by atoms with van der Waals surface area (Å²) in [5.74, 6) is -0.853. The fraction of sp³-hybridized carbons (Fsp3) is 0.600. The second kappa shape index (κ2) is 9.81. The van der Waals surface area contributed by atoms with Gasteiger partial charge in [-0.05, 0) is 51.8 Å². The number of nitrogens with zero attached hydrogens (tertiary/aromatic N) is 3. The Labute approximate surface area is 203 Å². The molecule has 0 bridgehead atoms. The van der Waals surface area contributed by atoms with E-state index < -0.39 is 23.2 Å². The molecule has 1 amide bonds. The molecule has 0 radical (unpaired) electrons. The molecule has 1 aromatic carbocycles. The van der Waals surface area contributed by atoms with Crippen LogP contribution in [0.3, 0.4) is 0 Å². The zero-order chi connectivity index (χ0) is 26.2. The number of nitrogens with one attached hydrogen (secondary N) is 1. The fourth-order valence-electron chi connectivity index (χ4n) is 3.90. The molecule has 0 unspecified atom stereocenters. The van der Waals surface area contributed by atoms with Gasteiger partial charge in [0.25, 0.3) is 5.91 Å². The van der Waals surface area contributed by atoms with E-state index in [1.165, 1.54) is 0 Å². The highest BCUT2D eigenvalue weighted by molar-refractivity contribution is 5.97. The van der Waals surface area contributed by atoms with Gasteiger partial charge in [0.05, 0.1) is 23.8 Å². The number of carbonyl (C=O) groups excluding carboxylic acids is 1. The van der Waals surface area contributed by atoms with E-state index in [0.717, 1.165) is 36.7 Å². The lowest BCUT2D eigenvalue weighted by Crippen LogP contribution is -2.38. The fourth-order valence-corrected chi connectivity index (χ4v) is 3.90. The third-order valence-corrected chi connectivity index (χ3v) is 5.63. The van der Waals surface area contributed by atoms with Crippen LogP contribution in [-0.2, 0) is 29.9 Å². The van der Waals surface area contributed by atoms with Crippen molar-refractivity contribution in [2.24, 2.45) is 12.0 Å². The molecule has 1 N–H and O–H groups in total. The Bertz CT molecular complexity index is 1130. The number of carbonyl (C=O) groups is 1. The third kappa shape index (κ3) is 6.76. The zero-order valence-electron chi connectivity index (χ0n) is 21.4. The van der Waals surface area contributed by atoms with Crippen molar-refractivity contribution in [1.82, 2.24) is 14.8 Å². The topological polar surface area (TPSA) is 69.8 Å². The van der Waals surface area contributed by atoms with E-state index >= 15 is 0 Å². The second-order valence-electron chi connectivity index (χ2n) is 11.0. The summed E-state index contributed by atoms with van der Waals surface area (Å²) in [6.07, 6.45) is -2.79. The Hall–Kier alpha value is -2.59. The molecule has 1 fully saturated rings. The average Bonchev–Trinajstić information content (AvgIpc) is 3.34. The first kappa shape index (κ1) is 27.0. The van der Waals surface area contributed by atoms with E-state index in [2.05, 4.69) is 10.5 Å². The Morgan fingerprint density at radius 3 is 2.40 bits per heavy atom. The number of halogens is 3. The van der Waals surface area contributed by atoms with Crippen molar-refractivity contribution in [2.75, 3.05) is 6.61 Å². The number of rotatable bonds is 5. The first-order chi connectivity index (χ1) is 16.1. The van der Waals surface area contributed by atoms with E-state index in [0.29, 0.717) is 18.6 Å². The Balaban J connectivity index is 2.10. The standard InChI is InChI=1S/C25H35F3N4O3/c1-23(2,3)20-14-21(32(31(20)7)15-17-9-8-12-34-17)29-22(33)18-13-16(25(26,27)28)10-11-19(18)35-30-24(4,5)6/h10-11,13-14,17,30H,8-9,12,15H2,1-7H3/b29-21+/t17-/m1/s1. The van der Waals surface area contributed by atoms with Crippen molar-refractivity contribution < 1.29 is 27.5 Å². The number of hydrogen-bond acceptors (Lipinski definition) is 4. The number of hydroxylamine groups is 1. The summed E-state index contributed by atoms with van der Waals surface area (Å²) in [7, 11) is 1.88. The van der Waals surface area contributed by atoms with Gasteiger partial charge in [-0.15, -0.1) is 0 Å². The van der Waals surface area contributed by atoms with E-state index in [-0.39, 0.29) is 22.8 Å². The quantitative estimate of drug-likeness (QED) is 0.607. The number of hydrogen-bond donors (Lipinski definition) is 1. The molecule has 7 nitrogen and oxygen atoms in total. The summed E-state index contributed by atoms with van der Waals surface area (Å²) >= 11 is 0. The molecule has 0 spiro atoms. The molecule has 1 aliphatic heterocycles. The van der Waals surface area contributed by atoms with Gasteiger partial charge in [0.15, 0.2) is 11.2 Å². The minimum absolute atomic E-state index is 0.0195. The average molecular weight is 497 g/mol. The van der Waals surface area contributed by atoms with Crippen LogP contribution >= 0.6 is 0 Å². The van der Waals surface area contributed by atoms with Crippen molar-refractivity contribution in [3.05, 3.63) is 46.6 Å². The lowest BCUT2D eigenvalue weighted by molar-refractivity contribution is -0.137. The molecule has 35 heavy (non-hydrogen) atoms. The van der Waals surface area contributed by atoms with E-state index in [9.17, 15) is 18.0 Å². The summed E-state index contributed by atoms with van der Waals surface area (Å²) < 4.78 is 49.8. The van der Waals surface area contributed by atoms with Crippen molar-refractivity contribution in [3.8, 4) is 5.75 Å². The highest BCUT2D eigenvalue weighted by Crippen LogP contribution is 2.33. The molecule has 1 aliphatic rings. The minimum atomic E-state index is -4.61. The third-order valence-electron chi connectivity index (χ3n) is 5.63. The van der Waals surface area contributed by atoms with Crippen LogP contribution in [0, 0.1) is 0 Å². The maximum atomic E-state index is 13.4. The molecule has 1 saturated heterocycles. The van der Waals surface area contributed by atoms with Crippen LogP contribution in [0.1, 0.15) is 76.0 Å². The van der Waals surface area contributed by atoms with Gasteiger partial charge in [-0.1, -0.05) is 20.8 Å². The number of ether oxygens (including phenoxy) is 1. The number of alkyl halides is 3. The second-order valence-corrected chi connectivity index (χ2v) is 11.0.